The molecule has 0 aliphatic heterocycles. The van der Waals surface area contributed by atoms with Gasteiger partial charge in [0, 0.05) is 18.1 Å². The van der Waals surface area contributed by atoms with Crippen molar-refractivity contribution in [3.05, 3.63) is 72.6 Å². The Balaban J connectivity index is 0.000000758. The van der Waals surface area contributed by atoms with Crippen molar-refractivity contribution in [3.8, 4) is 17.1 Å². The molecule has 0 amide bonds. The summed E-state index contributed by atoms with van der Waals surface area (Å²) in [7, 11) is 9.78. The Morgan fingerprint density at radius 1 is 1.04 bits per heavy atom. The molecule has 0 saturated carbocycles. The van der Waals surface area contributed by atoms with E-state index in [0.717, 1.165) is 17.1 Å². The standard InChI is InChI=1S/C21H23N2.2ClH.Ir/c1-2-3-4-6-9-18-12-14-20(15-13-18)23-17-16-22-21(23)19-10-7-5-8-11-19;;;/h5,7-8,10,12-17H,2-4,6,9H2,1H3;2*1H;/q-1;;;+3/p-2. The van der Waals surface area contributed by atoms with E-state index in [9.17, 15) is 0 Å². The number of benzene rings is 2. The first-order valence-corrected chi connectivity index (χ1v) is 14.7. The van der Waals surface area contributed by atoms with Gasteiger partial charge in [-0.3, -0.25) is 4.98 Å². The molecule has 3 rings (SSSR count). The summed E-state index contributed by atoms with van der Waals surface area (Å²) in [6, 6.07) is 20.0. The van der Waals surface area contributed by atoms with Crippen LogP contribution in [0, 0.1) is 6.07 Å². The van der Waals surface area contributed by atoms with Crippen molar-refractivity contribution < 1.29 is 15.7 Å². The van der Waals surface area contributed by atoms with Crippen LogP contribution in [0.3, 0.4) is 0 Å². The minimum atomic E-state index is -0.556. The van der Waals surface area contributed by atoms with Crippen LogP contribution in [-0.2, 0) is 22.1 Å². The van der Waals surface area contributed by atoms with E-state index >= 15 is 0 Å². The average Bonchev–Trinajstić information content (AvgIpc) is 3.17. The van der Waals surface area contributed by atoms with Crippen LogP contribution in [0.25, 0.3) is 17.1 Å². The summed E-state index contributed by atoms with van der Waals surface area (Å²) in [4.78, 5) is 4.49. The van der Waals surface area contributed by atoms with Gasteiger partial charge in [-0.05, 0) is 30.5 Å². The molecule has 26 heavy (non-hydrogen) atoms. The Hall–Kier alpha value is -1.12. The normalized spacial score (nSPS) is 10.4. The fourth-order valence-corrected chi connectivity index (χ4v) is 2.82. The minimum absolute atomic E-state index is 0.556. The Morgan fingerprint density at radius 3 is 2.46 bits per heavy atom. The summed E-state index contributed by atoms with van der Waals surface area (Å²) < 4.78 is 2.12. The predicted molar refractivity (Wildman–Crippen MR) is 107 cm³/mol. The fourth-order valence-electron chi connectivity index (χ4n) is 2.82. The maximum absolute atomic E-state index is 4.89. The Bertz CT molecular complexity index is 742. The number of unbranched alkanes of at least 4 members (excludes halogenated alkanes) is 3. The van der Waals surface area contributed by atoms with E-state index in [-0.39, 0.29) is 0 Å². The van der Waals surface area contributed by atoms with E-state index in [4.69, 9.17) is 19.2 Å². The van der Waals surface area contributed by atoms with Gasteiger partial charge in [0.25, 0.3) is 0 Å². The van der Waals surface area contributed by atoms with Gasteiger partial charge in [-0.1, -0.05) is 38.3 Å². The first-order valence-electron chi connectivity index (χ1n) is 8.73. The topological polar surface area (TPSA) is 17.8 Å². The number of aryl methyl sites for hydroxylation is 1. The average molecular weight is 567 g/mol. The predicted octanol–water partition coefficient (Wildman–Crippen LogP) is 6.84. The molecule has 140 valence electrons. The number of rotatable bonds is 7. The SMILES string of the molecule is CCCCCCc1ccc(-n2ccnc2-c2[c-]cccc2)cc1.[Cl][Ir+][Cl]. The molecule has 0 N–H and O–H groups in total. The fraction of sp³-hybridized carbons (Fsp3) is 0.286. The van der Waals surface area contributed by atoms with Crippen LogP contribution in [0.4, 0.5) is 0 Å². The Kier molecular flexibility index (Phi) is 10.0. The van der Waals surface area contributed by atoms with Gasteiger partial charge in [0.1, 0.15) is 0 Å². The van der Waals surface area contributed by atoms with Gasteiger partial charge in [-0.15, -0.1) is 35.9 Å². The van der Waals surface area contributed by atoms with Crippen LogP contribution >= 0.6 is 19.2 Å². The van der Waals surface area contributed by atoms with Crippen LogP contribution < -0.4 is 0 Å². The zero-order chi connectivity index (χ0) is 18.6. The van der Waals surface area contributed by atoms with Crippen molar-refractivity contribution in [3.63, 3.8) is 0 Å². The van der Waals surface area contributed by atoms with Crippen molar-refractivity contribution in [2.45, 2.75) is 39.0 Å². The second-order valence-electron chi connectivity index (χ2n) is 5.92. The molecule has 0 saturated heterocycles. The van der Waals surface area contributed by atoms with E-state index in [1.807, 2.05) is 36.7 Å². The van der Waals surface area contributed by atoms with Crippen molar-refractivity contribution in [2.24, 2.45) is 0 Å². The zero-order valence-corrected chi connectivity index (χ0v) is 18.7. The van der Waals surface area contributed by atoms with E-state index in [0.29, 0.717) is 0 Å². The quantitative estimate of drug-likeness (QED) is 0.226. The van der Waals surface area contributed by atoms with E-state index in [2.05, 4.69) is 46.8 Å². The maximum atomic E-state index is 4.89. The summed E-state index contributed by atoms with van der Waals surface area (Å²) in [6.07, 6.45) is 10.3. The van der Waals surface area contributed by atoms with Gasteiger partial charge in [0.2, 0.25) is 0 Å². The van der Waals surface area contributed by atoms with Gasteiger partial charge in [0.15, 0.2) is 0 Å². The number of hydrogen-bond donors (Lipinski definition) is 0. The Morgan fingerprint density at radius 2 is 1.81 bits per heavy atom. The van der Waals surface area contributed by atoms with Crippen LogP contribution in [0.15, 0.2) is 60.9 Å². The molecule has 3 aromatic rings. The van der Waals surface area contributed by atoms with Gasteiger partial charge >= 0.3 is 34.8 Å². The summed E-state index contributed by atoms with van der Waals surface area (Å²) >= 11 is -0.556. The first kappa shape index (κ1) is 21.2. The third kappa shape index (κ3) is 6.55. The van der Waals surface area contributed by atoms with Crippen molar-refractivity contribution in [1.82, 2.24) is 9.55 Å². The third-order valence-electron chi connectivity index (χ3n) is 4.12. The molecule has 2 aromatic carbocycles. The van der Waals surface area contributed by atoms with Gasteiger partial charge in [0.05, 0.1) is 5.82 Å². The molecule has 2 nitrogen and oxygen atoms in total. The number of aromatic nitrogens is 2. The van der Waals surface area contributed by atoms with E-state index in [1.54, 1.807) is 0 Å². The van der Waals surface area contributed by atoms with Crippen LogP contribution in [-0.4, -0.2) is 9.55 Å². The molecular formula is C21H23Cl2IrN2. The monoisotopic (exact) mass is 566 g/mol. The molecule has 0 radical (unpaired) electrons. The molecule has 1 aromatic heterocycles. The third-order valence-corrected chi connectivity index (χ3v) is 4.12. The van der Waals surface area contributed by atoms with Crippen molar-refractivity contribution >= 4 is 19.2 Å². The molecule has 0 atom stereocenters. The van der Waals surface area contributed by atoms with Gasteiger partial charge in [-0.25, -0.2) is 0 Å². The summed E-state index contributed by atoms with van der Waals surface area (Å²) in [5, 5.41) is 0. The van der Waals surface area contributed by atoms with Crippen LogP contribution in [0.5, 0.6) is 0 Å². The van der Waals surface area contributed by atoms with Gasteiger partial charge in [-0.2, -0.15) is 0 Å². The molecule has 0 fully saturated rings. The Labute approximate surface area is 172 Å². The van der Waals surface area contributed by atoms with E-state index in [1.165, 1.54) is 37.7 Å². The molecule has 0 spiro atoms. The molecule has 0 aliphatic rings. The molecule has 0 unspecified atom stereocenters. The zero-order valence-electron chi connectivity index (χ0n) is 14.8. The molecule has 0 aliphatic carbocycles. The van der Waals surface area contributed by atoms with Crippen LogP contribution in [0.1, 0.15) is 38.2 Å². The second-order valence-corrected chi connectivity index (χ2v) is 9.38. The number of halogens is 2. The van der Waals surface area contributed by atoms with Gasteiger partial charge < -0.3 is 4.57 Å². The van der Waals surface area contributed by atoms with Crippen molar-refractivity contribution in [1.29, 1.82) is 0 Å². The summed E-state index contributed by atoms with van der Waals surface area (Å²) in [6.45, 7) is 2.25. The number of nitrogens with zero attached hydrogens (tertiary/aromatic N) is 2. The molecular weight excluding hydrogens is 543 g/mol. The first-order chi connectivity index (χ1) is 12.8. The molecule has 1 heterocycles. The summed E-state index contributed by atoms with van der Waals surface area (Å²) in [5.41, 5.74) is 3.57. The number of imidazole rings is 1. The van der Waals surface area contributed by atoms with Crippen LogP contribution in [0.2, 0.25) is 0 Å². The van der Waals surface area contributed by atoms with Crippen molar-refractivity contribution in [2.75, 3.05) is 0 Å². The van der Waals surface area contributed by atoms with E-state index < -0.39 is 15.7 Å². The second kappa shape index (κ2) is 12.3. The molecule has 0 bridgehead atoms. The number of hydrogen-bond acceptors (Lipinski definition) is 1. The summed E-state index contributed by atoms with van der Waals surface area (Å²) in [5.74, 6) is 0.932. The molecule has 5 heteroatoms.